The topological polar surface area (TPSA) is 78.8 Å². The SMILES string of the molecule is COC(=O)NCc1ccc(B(O)O)cc1. The van der Waals surface area contributed by atoms with E-state index in [4.69, 9.17) is 10.0 Å². The van der Waals surface area contributed by atoms with Crippen LogP contribution in [0, 0.1) is 0 Å². The Kier molecular flexibility index (Phi) is 4.14. The summed E-state index contributed by atoms with van der Waals surface area (Å²) in [6, 6.07) is 6.56. The van der Waals surface area contributed by atoms with E-state index in [1.54, 1.807) is 24.3 Å². The van der Waals surface area contributed by atoms with Crippen LogP contribution >= 0.6 is 0 Å². The minimum absolute atomic E-state index is 0.342. The van der Waals surface area contributed by atoms with E-state index in [0.717, 1.165) is 5.56 Å². The number of amides is 1. The molecule has 0 aliphatic heterocycles. The summed E-state index contributed by atoms with van der Waals surface area (Å²) in [6.45, 7) is 0.342. The van der Waals surface area contributed by atoms with Crippen molar-refractivity contribution in [3.8, 4) is 0 Å². The summed E-state index contributed by atoms with van der Waals surface area (Å²) < 4.78 is 4.40. The normalized spacial score (nSPS) is 9.53. The number of rotatable bonds is 3. The highest BCUT2D eigenvalue weighted by Gasteiger charge is 2.09. The molecule has 3 N–H and O–H groups in total. The Bertz CT molecular complexity index is 325. The lowest BCUT2D eigenvalue weighted by atomic mass is 9.80. The Balaban J connectivity index is 2.53. The number of hydrogen-bond acceptors (Lipinski definition) is 4. The number of nitrogens with one attached hydrogen (secondary N) is 1. The van der Waals surface area contributed by atoms with Crippen LogP contribution in [-0.4, -0.2) is 30.4 Å². The van der Waals surface area contributed by atoms with Crippen molar-refractivity contribution in [1.29, 1.82) is 0 Å². The largest absolute Gasteiger partial charge is 0.488 e. The first-order chi connectivity index (χ1) is 7.13. The molecule has 0 unspecified atom stereocenters. The van der Waals surface area contributed by atoms with E-state index in [-0.39, 0.29) is 0 Å². The van der Waals surface area contributed by atoms with Crippen LogP contribution in [0.5, 0.6) is 0 Å². The highest BCUT2D eigenvalue weighted by atomic mass is 16.5. The molecule has 1 rings (SSSR count). The first-order valence-corrected chi connectivity index (χ1v) is 4.40. The van der Waals surface area contributed by atoms with E-state index in [1.807, 2.05) is 0 Å². The van der Waals surface area contributed by atoms with Crippen molar-refractivity contribution in [3.05, 3.63) is 29.8 Å². The second-order valence-electron chi connectivity index (χ2n) is 2.96. The van der Waals surface area contributed by atoms with Gasteiger partial charge in [0.1, 0.15) is 0 Å². The van der Waals surface area contributed by atoms with E-state index in [1.165, 1.54) is 7.11 Å². The molecule has 1 aromatic rings. The lowest BCUT2D eigenvalue weighted by Gasteiger charge is -2.04. The zero-order valence-corrected chi connectivity index (χ0v) is 8.30. The molecule has 1 aromatic carbocycles. The Morgan fingerprint density at radius 3 is 2.47 bits per heavy atom. The minimum Gasteiger partial charge on any atom is -0.453 e. The summed E-state index contributed by atoms with van der Waals surface area (Å²) in [5.41, 5.74) is 1.27. The van der Waals surface area contributed by atoms with Gasteiger partial charge in [-0.15, -0.1) is 0 Å². The number of carbonyl (C=O) groups is 1. The molecule has 0 aliphatic carbocycles. The Labute approximate surface area is 87.8 Å². The van der Waals surface area contributed by atoms with Gasteiger partial charge in [0.05, 0.1) is 7.11 Å². The van der Waals surface area contributed by atoms with E-state index >= 15 is 0 Å². The van der Waals surface area contributed by atoms with Crippen LogP contribution in [0.15, 0.2) is 24.3 Å². The fourth-order valence-corrected chi connectivity index (χ4v) is 1.05. The molecule has 0 radical (unpaired) electrons. The van der Waals surface area contributed by atoms with Gasteiger partial charge in [-0.25, -0.2) is 4.79 Å². The van der Waals surface area contributed by atoms with E-state index in [2.05, 4.69) is 10.1 Å². The van der Waals surface area contributed by atoms with Crippen molar-refractivity contribution in [2.75, 3.05) is 7.11 Å². The predicted molar refractivity (Wildman–Crippen MR) is 55.5 cm³/mol. The third kappa shape index (κ3) is 3.61. The van der Waals surface area contributed by atoms with Crippen LogP contribution in [0.4, 0.5) is 4.79 Å². The molecule has 0 aliphatic rings. The van der Waals surface area contributed by atoms with Gasteiger partial charge in [0, 0.05) is 6.54 Å². The molecule has 15 heavy (non-hydrogen) atoms. The van der Waals surface area contributed by atoms with Crippen LogP contribution in [0.3, 0.4) is 0 Å². The maximum absolute atomic E-state index is 10.7. The van der Waals surface area contributed by atoms with Crippen molar-refractivity contribution in [1.82, 2.24) is 5.32 Å². The fourth-order valence-electron chi connectivity index (χ4n) is 1.05. The first kappa shape index (κ1) is 11.5. The number of alkyl carbamates (subject to hydrolysis) is 1. The van der Waals surface area contributed by atoms with Gasteiger partial charge in [-0.05, 0) is 11.0 Å². The molecule has 0 aromatic heterocycles. The lowest BCUT2D eigenvalue weighted by molar-refractivity contribution is 0.170. The zero-order chi connectivity index (χ0) is 11.3. The highest BCUT2D eigenvalue weighted by Crippen LogP contribution is 1.96. The van der Waals surface area contributed by atoms with Gasteiger partial charge in [0.2, 0.25) is 0 Å². The molecule has 80 valence electrons. The highest BCUT2D eigenvalue weighted by molar-refractivity contribution is 6.58. The molecule has 0 atom stereocenters. The number of benzene rings is 1. The van der Waals surface area contributed by atoms with Gasteiger partial charge in [-0.1, -0.05) is 24.3 Å². The van der Waals surface area contributed by atoms with E-state index in [0.29, 0.717) is 12.0 Å². The Morgan fingerprint density at radius 2 is 2.00 bits per heavy atom. The smallest absolute Gasteiger partial charge is 0.453 e. The van der Waals surface area contributed by atoms with Crippen molar-refractivity contribution >= 4 is 18.7 Å². The van der Waals surface area contributed by atoms with Gasteiger partial charge >= 0.3 is 13.2 Å². The van der Waals surface area contributed by atoms with Crippen LogP contribution in [0.2, 0.25) is 0 Å². The summed E-state index contributed by atoms with van der Waals surface area (Å²) in [6.07, 6.45) is -0.499. The number of ether oxygens (including phenoxy) is 1. The maximum Gasteiger partial charge on any atom is 0.488 e. The van der Waals surface area contributed by atoms with Gasteiger partial charge in [-0.3, -0.25) is 0 Å². The first-order valence-electron chi connectivity index (χ1n) is 4.40. The second-order valence-corrected chi connectivity index (χ2v) is 2.96. The summed E-state index contributed by atoms with van der Waals surface area (Å²) in [4.78, 5) is 10.7. The molecule has 5 nitrogen and oxygen atoms in total. The zero-order valence-electron chi connectivity index (χ0n) is 8.30. The molecule has 6 heteroatoms. The number of methoxy groups -OCH3 is 1. The molecule has 0 spiro atoms. The molecule has 0 bridgehead atoms. The standard InChI is InChI=1S/C9H12BNO4/c1-15-9(12)11-6-7-2-4-8(5-3-7)10(13)14/h2-5,13-14H,6H2,1H3,(H,11,12). The monoisotopic (exact) mass is 209 g/mol. The van der Waals surface area contributed by atoms with Crippen LogP contribution in [0.1, 0.15) is 5.56 Å². The van der Waals surface area contributed by atoms with Crippen molar-refractivity contribution in [3.63, 3.8) is 0 Å². The van der Waals surface area contributed by atoms with Crippen molar-refractivity contribution < 1.29 is 19.6 Å². The van der Waals surface area contributed by atoms with Gasteiger partial charge in [-0.2, -0.15) is 0 Å². The molecule has 0 saturated carbocycles. The van der Waals surface area contributed by atoms with Gasteiger partial charge in [0.15, 0.2) is 0 Å². The number of hydrogen-bond donors (Lipinski definition) is 3. The number of carbonyl (C=O) groups excluding carboxylic acids is 1. The van der Waals surface area contributed by atoms with Crippen LogP contribution in [-0.2, 0) is 11.3 Å². The summed E-state index contributed by atoms with van der Waals surface area (Å²) in [7, 11) is -0.173. The van der Waals surface area contributed by atoms with Crippen molar-refractivity contribution in [2.45, 2.75) is 6.54 Å². The molecular weight excluding hydrogens is 197 g/mol. The van der Waals surface area contributed by atoms with Crippen LogP contribution < -0.4 is 10.8 Å². The molecule has 0 saturated heterocycles. The molecule has 1 amide bonds. The lowest BCUT2D eigenvalue weighted by Crippen LogP contribution is -2.29. The van der Waals surface area contributed by atoms with E-state index in [9.17, 15) is 4.79 Å². The fraction of sp³-hybridized carbons (Fsp3) is 0.222. The Hall–Kier alpha value is -1.53. The average Bonchev–Trinajstić information content (AvgIpc) is 2.26. The van der Waals surface area contributed by atoms with Crippen LogP contribution in [0.25, 0.3) is 0 Å². The predicted octanol–water partition coefficient (Wildman–Crippen LogP) is -0.778. The molecule has 0 fully saturated rings. The Morgan fingerprint density at radius 1 is 1.40 bits per heavy atom. The van der Waals surface area contributed by atoms with Gasteiger partial charge < -0.3 is 20.1 Å². The maximum atomic E-state index is 10.7. The van der Waals surface area contributed by atoms with Crippen molar-refractivity contribution in [2.24, 2.45) is 0 Å². The molecular formula is C9H12BNO4. The average molecular weight is 209 g/mol. The quantitative estimate of drug-likeness (QED) is 0.570. The second kappa shape index (κ2) is 5.38. The third-order valence-corrected chi connectivity index (χ3v) is 1.90. The summed E-state index contributed by atoms with van der Waals surface area (Å²) in [5.74, 6) is 0. The summed E-state index contributed by atoms with van der Waals surface area (Å²) in [5, 5.41) is 20.2. The van der Waals surface area contributed by atoms with E-state index < -0.39 is 13.2 Å². The third-order valence-electron chi connectivity index (χ3n) is 1.90. The molecule has 0 heterocycles. The van der Waals surface area contributed by atoms with Gasteiger partial charge in [0.25, 0.3) is 0 Å². The summed E-state index contributed by atoms with van der Waals surface area (Å²) >= 11 is 0. The minimum atomic E-state index is -1.47.